The summed E-state index contributed by atoms with van der Waals surface area (Å²) in [6.07, 6.45) is 1.76. The number of hydrogen-bond donors (Lipinski definition) is 1. The molecule has 0 spiro atoms. The van der Waals surface area contributed by atoms with Gasteiger partial charge in [0.1, 0.15) is 18.4 Å². The van der Waals surface area contributed by atoms with Crippen molar-refractivity contribution in [3.8, 4) is 11.8 Å². The fourth-order valence-corrected chi connectivity index (χ4v) is 5.37. The highest BCUT2D eigenvalue weighted by Crippen LogP contribution is 2.35. The van der Waals surface area contributed by atoms with Crippen molar-refractivity contribution in [2.45, 2.75) is 31.5 Å². The van der Waals surface area contributed by atoms with E-state index in [0.29, 0.717) is 30.2 Å². The first-order valence-electron chi connectivity index (χ1n) is 11.5. The average molecular weight is 426 g/mol. The quantitative estimate of drug-likeness (QED) is 0.680. The van der Waals surface area contributed by atoms with Crippen LogP contribution in [0, 0.1) is 11.3 Å². The van der Waals surface area contributed by atoms with Gasteiger partial charge in [0.05, 0.1) is 17.1 Å². The number of anilines is 1. The van der Waals surface area contributed by atoms with Gasteiger partial charge < -0.3 is 15.0 Å². The first-order valence-corrected chi connectivity index (χ1v) is 11.5. The van der Waals surface area contributed by atoms with Gasteiger partial charge in [-0.2, -0.15) is 5.26 Å². The number of ether oxygens (including phenoxy) is 1. The first-order chi connectivity index (χ1) is 15.7. The van der Waals surface area contributed by atoms with Crippen LogP contribution in [0.25, 0.3) is 10.9 Å². The highest BCUT2D eigenvalue weighted by molar-refractivity contribution is 5.95. The number of pyridine rings is 1. The van der Waals surface area contributed by atoms with Gasteiger partial charge in [0, 0.05) is 67.5 Å². The Labute approximate surface area is 188 Å². The summed E-state index contributed by atoms with van der Waals surface area (Å²) < 4.78 is 6.39. The van der Waals surface area contributed by atoms with Crippen molar-refractivity contribution in [1.82, 2.24) is 15.2 Å². The molecule has 0 bridgehead atoms. The Morgan fingerprint density at radius 1 is 1.16 bits per heavy atom. The Bertz CT molecular complexity index is 1210. The van der Waals surface area contributed by atoms with Crippen molar-refractivity contribution in [2.75, 3.05) is 37.7 Å². The number of hydrogen-bond acceptors (Lipinski definition) is 6. The molecule has 0 unspecified atom stereocenters. The molecule has 1 aromatic heterocycles. The number of nitriles is 1. The largest absolute Gasteiger partial charge is 0.492 e. The summed E-state index contributed by atoms with van der Waals surface area (Å²) in [4.78, 5) is 9.54. The maximum Gasteiger partial charge on any atom is 0.124 e. The van der Waals surface area contributed by atoms with Gasteiger partial charge in [-0.25, -0.2) is 0 Å². The van der Waals surface area contributed by atoms with Crippen LogP contribution in [0.1, 0.15) is 29.5 Å². The Hall–Kier alpha value is -3.14. The molecule has 0 aliphatic carbocycles. The highest BCUT2D eigenvalue weighted by atomic mass is 16.5. The van der Waals surface area contributed by atoms with E-state index in [1.165, 1.54) is 11.1 Å². The molecule has 3 aliphatic heterocycles. The van der Waals surface area contributed by atoms with Crippen LogP contribution < -0.4 is 15.0 Å². The summed E-state index contributed by atoms with van der Waals surface area (Å²) in [7, 11) is 0. The number of rotatable bonds is 2. The van der Waals surface area contributed by atoms with E-state index in [2.05, 4.69) is 63.4 Å². The van der Waals surface area contributed by atoms with Crippen molar-refractivity contribution in [3.05, 3.63) is 65.4 Å². The van der Waals surface area contributed by atoms with Crippen LogP contribution in [0.5, 0.6) is 5.75 Å². The lowest BCUT2D eigenvalue weighted by atomic mass is 9.92. The molecule has 6 rings (SSSR count). The fourth-order valence-electron chi connectivity index (χ4n) is 5.37. The maximum atomic E-state index is 9.49. The smallest absolute Gasteiger partial charge is 0.124 e. The van der Waals surface area contributed by atoms with Crippen LogP contribution in [0.2, 0.25) is 0 Å². The summed E-state index contributed by atoms with van der Waals surface area (Å²) in [6.45, 7) is 7.88. The molecule has 0 radical (unpaired) electrons. The second-order valence-electron chi connectivity index (χ2n) is 9.26. The molecule has 3 aliphatic rings. The number of nitrogens with zero attached hydrogens (tertiary/aromatic N) is 4. The molecule has 0 saturated carbocycles. The minimum atomic E-state index is 0.308. The molecule has 3 aromatic rings. The van der Waals surface area contributed by atoms with Crippen LogP contribution in [0.3, 0.4) is 0 Å². The van der Waals surface area contributed by atoms with Crippen LogP contribution in [0.4, 0.5) is 5.69 Å². The summed E-state index contributed by atoms with van der Waals surface area (Å²) >= 11 is 0. The van der Waals surface area contributed by atoms with Gasteiger partial charge in [-0.15, -0.1) is 0 Å². The van der Waals surface area contributed by atoms with E-state index in [1.54, 1.807) is 6.20 Å². The topological polar surface area (TPSA) is 64.4 Å². The van der Waals surface area contributed by atoms with Crippen LogP contribution in [0.15, 0.2) is 48.7 Å². The monoisotopic (exact) mass is 425 g/mol. The zero-order valence-corrected chi connectivity index (χ0v) is 18.3. The molecule has 32 heavy (non-hydrogen) atoms. The van der Waals surface area contributed by atoms with Crippen LogP contribution in [-0.4, -0.2) is 54.8 Å². The molecule has 4 heterocycles. The third kappa shape index (κ3) is 3.21. The second-order valence-corrected chi connectivity index (χ2v) is 9.26. The second kappa shape index (κ2) is 7.77. The highest BCUT2D eigenvalue weighted by Gasteiger charge is 2.36. The van der Waals surface area contributed by atoms with Crippen LogP contribution >= 0.6 is 0 Å². The first kappa shape index (κ1) is 19.5. The number of nitrogens with one attached hydrogen (secondary N) is 1. The zero-order valence-electron chi connectivity index (χ0n) is 18.3. The molecule has 2 fully saturated rings. The third-order valence-corrected chi connectivity index (χ3v) is 7.29. The molecular weight excluding hydrogens is 398 g/mol. The van der Waals surface area contributed by atoms with E-state index in [0.717, 1.165) is 55.1 Å². The van der Waals surface area contributed by atoms with Gasteiger partial charge in [-0.05, 0) is 42.8 Å². The molecule has 2 aromatic carbocycles. The normalized spacial score (nSPS) is 23.4. The third-order valence-electron chi connectivity index (χ3n) is 7.29. The predicted molar refractivity (Wildman–Crippen MR) is 125 cm³/mol. The lowest BCUT2D eigenvalue weighted by Crippen LogP contribution is -2.58. The number of piperazine rings is 1. The van der Waals surface area contributed by atoms with Crippen molar-refractivity contribution in [1.29, 1.82) is 5.26 Å². The van der Waals surface area contributed by atoms with Gasteiger partial charge in [-0.1, -0.05) is 12.1 Å². The molecule has 2 saturated heterocycles. The molecule has 6 nitrogen and oxygen atoms in total. The maximum absolute atomic E-state index is 9.49. The Kier molecular flexibility index (Phi) is 4.74. The fraction of sp³-hybridized carbons (Fsp3) is 0.385. The van der Waals surface area contributed by atoms with E-state index >= 15 is 0 Å². The standard InChI is InChI=1S/C26H27N5O/c1-17-13-30(24-7-6-19(10-27)26-23(24)3-2-8-29-26)15-22-16-32-25-9-18(21-11-28-12-21)4-5-20(25)14-31(17)22/h2-9,17,21-22,28H,11-16H2,1H3/t17-,22-/m0/s1. The van der Waals surface area contributed by atoms with Gasteiger partial charge >= 0.3 is 0 Å². The Morgan fingerprint density at radius 3 is 2.88 bits per heavy atom. The Balaban J connectivity index is 1.29. The van der Waals surface area contributed by atoms with Crippen molar-refractivity contribution in [3.63, 3.8) is 0 Å². The summed E-state index contributed by atoms with van der Waals surface area (Å²) in [5.74, 6) is 1.66. The van der Waals surface area contributed by atoms with Gasteiger partial charge in [-0.3, -0.25) is 9.88 Å². The summed E-state index contributed by atoms with van der Waals surface area (Å²) in [5, 5.41) is 13.9. The number of benzene rings is 2. The summed E-state index contributed by atoms with van der Waals surface area (Å²) in [6, 6.07) is 17.8. The minimum Gasteiger partial charge on any atom is -0.492 e. The van der Waals surface area contributed by atoms with E-state index in [1.807, 2.05) is 12.1 Å². The number of aromatic nitrogens is 1. The van der Waals surface area contributed by atoms with E-state index in [4.69, 9.17) is 4.74 Å². The molecule has 1 N–H and O–H groups in total. The van der Waals surface area contributed by atoms with Crippen LogP contribution in [-0.2, 0) is 6.54 Å². The van der Waals surface area contributed by atoms with Gasteiger partial charge in [0.2, 0.25) is 0 Å². The van der Waals surface area contributed by atoms with Gasteiger partial charge in [0.15, 0.2) is 0 Å². The molecule has 0 amide bonds. The predicted octanol–water partition coefficient (Wildman–Crippen LogP) is 3.26. The van der Waals surface area contributed by atoms with Crippen molar-refractivity contribution >= 4 is 16.6 Å². The molecule has 6 heteroatoms. The number of fused-ring (bicyclic) bond motifs is 3. The van der Waals surface area contributed by atoms with E-state index in [-0.39, 0.29) is 0 Å². The lowest BCUT2D eigenvalue weighted by molar-refractivity contribution is 0.0891. The van der Waals surface area contributed by atoms with Crippen molar-refractivity contribution < 1.29 is 4.74 Å². The SMILES string of the molecule is C[C@H]1CN(c2ccc(C#N)c3ncccc23)C[C@H]2COc3cc(C4CNC4)ccc3CN21. The van der Waals surface area contributed by atoms with E-state index in [9.17, 15) is 5.26 Å². The Morgan fingerprint density at radius 2 is 2.06 bits per heavy atom. The molecule has 162 valence electrons. The lowest BCUT2D eigenvalue weighted by Gasteiger charge is -2.45. The van der Waals surface area contributed by atoms with Crippen molar-refractivity contribution in [2.24, 2.45) is 0 Å². The van der Waals surface area contributed by atoms with Gasteiger partial charge in [0.25, 0.3) is 0 Å². The summed E-state index contributed by atoms with van der Waals surface area (Å²) in [5.41, 5.74) is 5.23. The molecule has 2 atom stereocenters. The van der Waals surface area contributed by atoms with E-state index < -0.39 is 0 Å². The average Bonchev–Trinajstić information content (AvgIpc) is 2.97. The zero-order chi connectivity index (χ0) is 21.7. The minimum absolute atomic E-state index is 0.308. The molecular formula is C26H27N5O.